The van der Waals surface area contributed by atoms with Crippen LogP contribution in [0.1, 0.15) is 36.2 Å². The van der Waals surface area contributed by atoms with Crippen LogP contribution in [0.4, 0.5) is 11.4 Å². The summed E-state index contributed by atoms with van der Waals surface area (Å²) in [5, 5.41) is 8.12. The Balaban J connectivity index is 1.51. The topological polar surface area (TPSA) is 117 Å². The van der Waals surface area contributed by atoms with Crippen molar-refractivity contribution in [3.63, 3.8) is 0 Å². The van der Waals surface area contributed by atoms with Crippen LogP contribution in [0.5, 0.6) is 11.5 Å². The zero-order valence-electron chi connectivity index (χ0n) is 18.3. The van der Waals surface area contributed by atoms with Crippen molar-refractivity contribution >= 4 is 35.0 Å². The fourth-order valence-electron chi connectivity index (χ4n) is 3.82. The van der Waals surface area contributed by atoms with Crippen LogP contribution in [0.15, 0.2) is 36.4 Å². The van der Waals surface area contributed by atoms with E-state index in [1.165, 1.54) is 29.9 Å². The third-order valence-corrected chi connectivity index (χ3v) is 5.23. The quantitative estimate of drug-likeness (QED) is 0.718. The van der Waals surface area contributed by atoms with Crippen molar-refractivity contribution in [2.45, 2.75) is 26.7 Å². The molecule has 4 amide bonds. The highest BCUT2D eigenvalue weighted by Gasteiger charge is 2.32. The van der Waals surface area contributed by atoms with Crippen molar-refractivity contribution in [2.24, 2.45) is 0 Å². The predicted molar refractivity (Wildman–Crippen MR) is 119 cm³/mol. The molecule has 2 N–H and O–H groups in total. The third kappa shape index (κ3) is 4.89. The van der Waals surface area contributed by atoms with E-state index < -0.39 is 0 Å². The van der Waals surface area contributed by atoms with E-state index in [0.29, 0.717) is 42.4 Å². The predicted octanol–water partition coefficient (Wildman–Crippen LogP) is 2.16. The van der Waals surface area contributed by atoms with Gasteiger partial charge in [0.05, 0.1) is 17.8 Å². The normalized spacial score (nSPS) is 14.2. The van der Waals surface area contributed by atoms with Crippen LogP contribution in [0.3, 0.4) is 0 Å². The molecule has 10 nitrogen and oxygen atoms in total. The summed E-state index contributed by atoms with van der Waals surface area (Å²) in [5.41, 5.74) is 1.74. The number of hydrogen-bond donors (Lipinski definition) is 2. The van der Waals surface area contributed by atoms with Gasteiger partial charge in [0.15, 0.2) is 11.5 Å². The maximum absolute atomic E-state index is 13.2. The van der Waals surface area contributed by atoms with Gasteiger partial charge in [-0.15, -0.1) is 0 Å². The minimum Gasteiger partial charge on any atom is -0.454 e. The van der Waals surface area contributed by atoms with Gasteiger partial charge in [-0.1, -0.05) is 6.07 Å². The second-order valence-corrected chi connectivity index (χ2v) is 7.79. The number of ether oxygens (including phenoxy) is 2. The maximum Gasteiger partial charge on any atom is 0.272 e. The summed E-state index contributed by atoms with van der Waals surface area (Å²) in [5.74, 6) is 0.0128. The van der Waals surface area contributed by atoms with Crippen molar-refractivity contribution in [2.75, 3.05) is 30.5 Å². The van der Waals surface area contributed by atoms with Crippen LogP contribution in [-0.4, -0.2) is 53.5 Å². The second-order valence-electron chi connectivity index (χ2n) is 7.79. The molecule has 4 rings (SSSR count). The molecule has 1 fully saturated rings. The molecule has 2 aromatic carbocycles. The SMILES string of the molecule is CC(=O)Nc1ccc(C(=O)N2CCCN2C(=O)Cc2ccc3c(c2)OCO3)cc1NC(C)=O. The van der Waals surface area contributed by atoms with E-state index in [9.17, 15) is 19.2 Å². The van der Waals surface area contributed by atoms with Crippen molar-refractivity contribution in [1.29, 1.82) is 0 Å². The van der Waals surface area contributed by atoms with E-state index in [2.05, 4.69) is 10.6 Å². The zero-order chi connectivity index (χ0) is 23.5. The fourth-order valence-corrected chi connectivity index (χ4v) is 3.82. The summed E-state index contributed by atoms with van der Waals surface area (Å²) in [6.45, 7) is 3.67. The Bertz CT molecular complexity index is 1130. The lowest BCUT2D eigenvalue weighted by atomic mass is 10.1. The van der Waals surface area contributed by atoms with Crippen molar-refractivity contribution < 1.29 is 28.7 Å². The first kappa shape index (κ1) is 22.1. The number of rotatable bonds is 5. The maximum atomic E-state index is 13.2. The molecule has 0 radical (unpaired) electrons. The molecular formula is C23H24N4O6. The van der Waals surface area contributed by atoms with E-state index in [1.807, 2.05) is 0 Å². The minimum atomic E-state index is -0.368. The van der Waals surface area contributed by atoms with E-state index >= 15 is 0 Å². The number of hydrazine groups is 1. The molecule has 0 aliphatic carbocycles. The first-order valence-electron chi connectivity index (χ1n) is 10.5. The number of hydrogen-bond acceptors (Lipinski definition) is 6. The first-order chi connectivity index (χ1) is 15.8. The lowest BCUT2D eigenvalue weighted by Crippen LogP contribution is -2.45. The number of benzene rings is 2. The molecule has 2 aliphatic rings. The Labute approximate surface area is 190 Å². The van der Waals surface area contributed by atoms with Gasteiger partial charge >= 0.3 is 0 Å². The monoisotopic (exact) mass is 452 g/mol. The molecule has 0 saturated carbocycles. The molecule has 0 aromatic heterocycles. The molecule has 0 unspecified atom stereocenters. The van der Waals surface area contributed by atoms with Gasteiger partial charge in [0.25, 0.3) is 5.91 Å². The van der Waals surface area contributed by atoms with Gasteiger partial charge in [0.2, 0.25) is 24.5 Å². The number of anilines is 2. The summed E-state index contributed by atoms with van der Waals surface area (Å²) < 4.78 is 10.7. The highest BCUT2D eigenvalue weighted by atomic mass is 16.7. The molecule has 172 valence electrons. The molecule has 2 aromatic rings. The molecule has 0 spiro atoms. The zero-order valence-corrected chi connectivity index (χ0v) is 18.3. The summed E-state index contributed by atoms with van der Waals surface area (Å²) in [7, 11) is 0. The molecule has 0 atom stereocenters. The Hall–Kier alpha value is -4.08. The van der Waals surface area contributed by atoms with Crippen molar-refractivity contribution in [3.05, 3.63) is 47.5 Å². The molecule has 1 saturated heterocycles. The largest absolute Gasteiger partial charge is 0.454 e. The Morgan fingerprint density at radius 2 is 1.55 bits per heavy atom. The molecule has 33 heavy (non-hydrogen) atoms. The number of nitrogens with one attached hydrogen (secondary N) is 2. The van der Waals surface area contributed by atoms with Crippen LogP contribution in [0, 0.1) is 0 Å². The lowest BCUT2D eigenvalue weighted by Gasteiger charge is -2.28. The van der Waals surface area contributed by atoms with E-state index in [-0.39, 0.29) is 42.4 Å². The molecule has 2 aliphatic heterocycles. The number of carbonyl (C=O) groups excluding carboxylic acids is 4. The van der Waals surface area contributed by atoms with Gasteiger partial charge in [-0.2, -0.15) is 0 Å². The van der Waals surface area contributed by atoms with Gasteiger partial charge in [-0.25, -0.2) is 5.01 Å². The van der Waals surface area contributed by atoms with Crippen LogP contribution in [0.2, 0.25) is 0 Å². The summed E-state index contributed by atoms with van der Waals surface area (Å²) in [4.78, 5) is 49.3. The Morgan fingerprint density at radius 1 is 0.848 bits per heavy atom. The van der Waals surface area contributed by atoms with Crippen molar-refractivity contribution in [3.8, 4) is 11.5 Å². The minimum absolute atomic E-state index is 0.110. The number of carbonyl (C=O) groups is 4. The van der Waals surface area contributed by atoms with Crippen LogP contribution < -0.4 is 20.1 Å². The smallest absolute Gasteiger partial charge is 0.272 e. The average molecular weight is 452 g/mol. The second kappa shape index (κ2) is 9.19. The van der Waals surface area contributed by atoms with Crippen LogP contribution in [-0.2, 0) is 20.8 Å². The van der Waals surface area contributed by atoms with Crippen LogP contribution in [0.25, 0.3) is 0 Å². The van der Waals surface area contributed by atoms with Gasteiger partial charge < -0.3 is 20.1 Å². The highest BCUT2D eigenvalue weighted by molar-refractivity contribution is 6.02. The summed E-state index contributed by atoms with van der Waals surface area (Å²) >= 11 is 0. The Morgan fingerprint density at radius 3 is 2.30 bits per heavy atom. The molecular weight excluding hydrogens is 428 g/mol. The fraction of sp³-hybridized carbons (Fsp3) is 0.304. The number of nitrogens with zero attached hydrogens (tertiary/aromatic N) is 2. The van der Waals surface area contributed by atoms with Crippen molar-refractivity contribution in [1.82, 2.24) is 10.0 Å². The summed E-state index contributed by atoms with van der Waals surface area (Å²) in [6.07, 6.45) is 0.764. The number of amides is 4. The molecule has 0 bridgehead atoms. The molecule has 2 heterocycles. The number of fused-ring (bicyclic) bond motifs is 1. The highest BCUT2D eigenvalue weighted by Crippen LogP contribution is 2.33. The molecule has 10 heteroatoms. The lowest BCUT2D eigenvalue weighted by molar-refractivity contribution is -0.139. The van der Waals surface area contributed by atoms with E-state index in [0.717, 1.165) is 5.56 Å². The third-order valence-electron chi connectivity index (χ3n) is 5.23. The van der Waals surface area contributed by atoms with E-state index in [4.69, 9.17) is 9.47 Å². The first-order valence-corrected chi connectivity index (χ1v) is 10.5. The van der Waals surface area contributed by atoms with Gasteiger partial charge in [0.1, 0.15) is 0 Å². The van der Waals surface area contributed by atoms with Gasteiger partial charge in [-0.05, 0) is 42.3 Å². The van der Waals surface area contributed by atoms with Gasteiger partial charge in [0, 0.05) is 32.5 Å². The standard InChI is InChI=1S/C23H24N4O6/c1-14(28)24-18-6-5-17(12-19(18)25-15(2)29)23(31)27-9-3-8-26(27)22(30)11-16-4-7-20-21(10-16)33-13-32-20/h4-7,10,12H,3,8-9,11,13H2,1-2H3,(H,24,28)(H,25,29). The van der Waals surface area contributed by atoms with Gasteiger partial charge in [-0.3, -0.25) is 24.2 Å². The average Bonchev–Trinajstić information content (AvgIpc) is 3.43. The summed E-state index contributed by atoms with van der Waals surface area (Å²) in [6, 6.07) is 9.93. The van der Waals surface area contributed by atoms with Crippen LogP contribution >= 0.6 is 0 Å². The Kier molecular flexibility index (Phi) is 6.16. The van der Waals surface area contributed by atoms with E-state index in [1.54, 1.807) is 30.3 Å².